The number of aliphatic carboxylic acids is 1. The van der Waals surface area contributed by atoms with Crippen molar-refractivity contribution < 1.29 is 14.7 Å². The van der Waals surface area contributed by atoms with Crippen molar-refractivity contribution in [3.8, 4) is 0 Å². The van der Waals surface area contributed by atoms with Gasteiger partial charge in [0.1, 0.15) is 11.0 Å². The number of nitrogens with one attached hydrogen (secondary N) is 2. The van der Waals surface area contributed by atoms with Gasteiger partial charge in [-0.25, -0.2) is 0 Å². The Morgan fingerprint density at radius 3 is 2.70 bits per heavy atom. The molecule has 0 spiro atoms. The number of aromatic amines is 1. The standard InChI is InChI=1S/C13H14N4O3/c18-11(19)7-13(4-1-5-13)14-12(20)8-2-3-9-10(6-8)16-17-15-9/h2-3,6H,1,4-5,7H2,(H,14,20)(H,18,19)(H,15,16,17). The van der Waals surface area contributed by atoms with Gasteiger partial charge in [0.15, 0.2) is 0 Å². The molecule has 0 bridgehead atoms. The summed E-state index contributed by atoms with van der Waals surface area (Å²) in [5.74, 6) is -1.16. The molecule has 3 rings (SSSR count). The van der Waals surface area contributed by atoms with Gasteiger partial charge in [-0.15, -0.1) is 0 Å². The lowest BCUT2D eigenvalue weighted by atomic mass is 9.74. The number of hydrogen-bond donors (Lipinski definition) is 3. The average molecular weight is 274 g/mol. The van der Waals surface area contributed by atoms with Crippen molar-refractivity contribution in [3.63, 3.8) is 0 Å². The Morgan fingerprint density at radius 2 is 2.05 bits per heavy atom. The molecule has 1 aromatic carbocycles. The summed E-state index contributed by atoms with van der Waals surface area (Å²) in [6.45, 7) is 0. The van der Waals surface area contributed by atoms with Gasteiger partial charge in [-0.2, -0.15) is 15.4 Å². The molecular weight excluding hydrogens is 260 g/mol. The van der Waals surface area contributed by atoms with Crippen LogP contribution in [0.4, 0.5) is 0 Å². The Labute approximate surface area is 114 Å². The number of H-pyrrole nitrogens is 1. The zero-order valence-electron chi connectivity index (χ0n) is 10.7. The normalized spacial score (nSPS) is 16.6. The molecule has 1 heterocycles. The van der Waals surface area contributed by atoms with Gasteiger partial charge in [-0.3, -0.25) is 9.59 Å². The predicted molar refractivity (Wildman–Crippen MR) is 70.2 cm³/mol. The van der Waals surface area contributed by atoms with Crippen LogP contribution < -0.4 is 5.32 Å². The Bertz CT molecular complexity index is 675. The molecule has 3 N–H and O–H groups in total. The molecule has 1 aliphatic rings. The first kappa shape index (κ1) is 12.6. The van der Waals surface area contributed by atoms with Gasteiger partial charge in [0, 0.05) is 5.56 Å². The van der Waals surface area contributed by atoms with E-state index in [-0.39, 0.29) is 12.3 Å². The van der Waals surface area contributed by atoms with E-state index < -0.39 is 11.5 Å². The zero-order chi connectivity index (χ0) is 14.2. The highest BCUT2D eigenvalue weighted by atomic mass is 16.4. The minimum atomic E-state index is -0.892. The van der Waals surface area contributed by atoms with E-state index in [1.807, 2.05) is 0 Å². The van der Waals surface area contributed by atoms with E-state index in [9.17, 15) is 9.59 Å². The van der Waals surface area contributed by atoms with Crippen LogP contribution in [0.15, 0.2) is 18.2 Å². The van der Waals surface area contributed by atoms with Crippen molar-refractivity contribution >= 4 is 22.9 Å². The van der Waals surface area contributed by atoms with Crippen LogP contribution >= 0.6 is 0 Å². The molecular formula is C13H14N4O3. The molecule has 1 amide bonds. The van der Waals surface area contributed by atoms with Crippen LogP contribution in [0.5, 0.6) is 0 Å². The second-order valence-corrected chi connectivity index (χ2v) is 5.19. The monoisotopic (exact) mass is 274 g/mol. The Morgan fingerprint density at radius 1 is 1.30 bits per heavy atom. The summed E-state index contributed by atoms with van der Waals surface area (Å²) < 4.78 is 0. The van der Waals surface area contributed by atoms with E-state index in [1.54, 1.807) is 18.2 Å². The summed E-state index contributed by atoms with van der Waals surface area (Å²) in [5.41, 5.74) is 1.16. The van der Waals surface area contributed by atoms with Crippen molar-refractivity contribution in [3.05, 3.63) is 23.8 Å². The Kier molecular flexibility index (Phi) is 2.89. The number of benzene rings is 1. The lowest BCUT2D eigenvalue weighted by molar-refractivity contribution is -0.139. The van der Waals surface area contributed by atoms with Crippen LogP contribution in [0.25, 0.3) is 11.0 Å². The van der Waals surface area contributed by atoms with Gasteiger partial charge in [-0.05, 0) is 37.5 Å². The molecule has 0 atom stereocenters. The molecule has 0 aliphatic heterocycles. The summed E-state index contributed by atoms with van der Waals surface area (Å²) in [7, 11) is 0. The molecule has 1 aromatic heterocycles. The fourth-order valence-corrected chi connectivity index (χ4v) is 2.53. The van der Waals surface area contributed by atoms with E-state index in [0.717, 1.165) is 6.42 Å². The van der Waals surface area contributed by atoms with Gasteiger partial charge < -0.3 is 10.4 Å². The minimum absolute atomic E-state index is 0.0368. The van der Waals surface area contributed by atoms with Crippen LogP contribution in [0.2, 0.25) is 0 Å². The molecule has 0 saturated heterocycles. The zero-order valence-corrected chi connectivity index (χ0v) is 10.7. The van der Waals surface area contributed by atoms with Crippen molar-refractivity contribution in [2.75, 3.05) is 0 Å². The number of carboxylic acid groups (broad SMARTS) is 1. The number of fused-ring (bicyclic) bond motifs is 1. The van der Waals surface area contributed by atoms with E-state index in [1.165, 1.54) is 0 Å². The number of rotatable bonds is 4. The molecule has 104 valence electrons. The van der Waals surface area contributed by atoms with E-state index in [0.29, 0.717) is 29.4 Å². The fourth-order valence-electron chi connectivity index (χ4n) is 2.53. The molecule has 0 radical (unpaired) electrons. The molecule has 1 aliphatic carbocycles. The van der Waals surface area contributed by atoms with E-state index >= 15 is 0 Å². The van der Waals surface area contributed by atoms with E-state index in [2.05, 4.69) is 20.7 Å². The SMILES string of the molecule is O=C(O)CC1(NC(=O)c2ccc3n[nH]nc3c2)CCC1. The third kappa shape index (κ3) is 2.22. The minimum Gasteiger partial charge on any atom is -0.481 e. The van der Waals surface area contributed by atoms with Crippen LogP contribution in [-0.4, -0.2) is 37.9 Å². The second-order valence-electron chi connectivity index (χ2n) is 5.19. The van der Waals surface area contributed by atoms with Gasteiger partial charge in [-0.1, -0.05) is 0 Å². The summed E-state index contributed by atoms with van der Waals surface area (Å²) in [6.07, 6.45) is 2.31. The third-order valence-electron chi connectivity index (χ3n) is 3.76. The second kappa shape index (κ2) is 4.59. The van der Waals surface area contributed by atoms with Gasteiger partial charge in [0.05, 0.1) is 12.0 Å². The van der Waals surface area contributed by atoms with E-state index in [4.69, 9.17) is 5.11 Å². The molecule has 7 nitrogen and oxygen atoms in total. The van der Waals surface area contributed by atoms with Crippen LogP contribution in [0.1, 0.15) is 36.0 Å². The Balaban J connectivity index is 1.79. The maximum atomic E-state index is 12.2. The number of carboxylic acids is 1. The fraction of sp³-hybridized carbons (Fsp3) is 0.385. The largest absolute Gasteiger partial charge is 0.481 e. The smallest absolute Gasteiger partial charge is 0.305 e. The molecule has 7 heteroatoms. The average Bonchev–Trinajstić information content (AvgIpc) is 2.82. The number of nitrogens with zero attached hydrogens (tertiary/aromatic N) is 2. The topological polar surface area (TPSA) is 108 Å². The summed E-state index contributed by atoms with van der Waals surface area (Å²) in [4.78, 5) is 23.1. The molecule has 0 unspecified atom stereocenters. The van der Waals surface area contributed by atoms with Crippen LogP contribution in [0.3, 0.4) is 0 Å². The highest BCUT2D eigenvalue weighted by Gasteiger charge is 2.40. The lowest BCUT2D eigenvalue weighted by Crippen LogP contribution is -2.54. The number of carbonyl (C=O) groups is 2. The first-order valence-electron chi connectivity index (χ1n) is 6.43. The first-order valence-corrected chi connectivity index (χ1v) is 6.43. The molecule has 2 aromatic rings. The van der Waals surface area contributed by atoms with Gasteiger partial charge in [0.2, 0.25) is 0 Å². The van der Waals surface area contributed by atoms with Crippen molar-refractivity contribution in [1.82, 2.24) is 20.7 Å². The van der Waals surface area contributed by atoms with Crippen molar-refractivity contribution in [2.45, 2.75) is 31.2 Å². The highest BCUT2D eigenvalue weighted by molar-refractivity contribution is 5.97. The summed E-state index contributed by atoms with van der Waals surface area (Å²) in [5, 5.41) is 22.1. The Hall–Kier alpha value is -2.44. The summed E-state index contributed by atoms with van der Waals surface area (Å²) in [6, 6.07) is 5.01. The molecule has 1 saturated carbocycles. The maximum absolute atomic E-state index is 12.2. The third-order valence-corrected chi connectivity index (χ3v) is 3.76. The van der Waals surface area contributed by atoms with Crippen LogP contribution in [0, 0.1) is 0 Å². The predicted octanol–water partition coefficient (Wildman–Crippen LogP) is 1.09. The lowest BCUT2D eigenvalue weighted by Gasteiger charge is -2.41. The molecule has 1 fully saturated rings. The van der Waals surface area contributed by atoms with Crippen LogP contribution in [-0.2, 0) is 4.79 Å². The molecule has 20 heavy (non-hydrogen) atoms. The number of carbonyl (C=O) groups excluding carboxylic acids is 1. The van der Waals surface area contributed by atoms with Crippen molar-refractivity contribution in [1.29, 1.82) is 0 Å². The summed E-state index contributed by atoms with van der Waals surface area (Å²) >= 11 is 0. The van der Waals surface area contributed by atoms with Gasteiger partial charge >= 0.3 is 5.97 Å². The number of aromatic nitrogens is 3. The quantitative estimate of drug-likeness (QED) is 0.773. The number of amides is 1. The first-order chi connectivity index (χ1) is 9.58. The highest BCUT2D eigenvalue weighted by Crippen LogP contribution is 2.35. The van der Waals surface area contributed by atoms with Crippen molar-refractivity contribution in [2.24, 2.45) is 0 Å². The van der Waals surface area contributed by atoms with Gasteiger partial charge in [0.25, 0.3) is 5.91 Å². The number of hydrogen-bond acceptors (Lipinski definition) is 4. The maximum Gasteiger partial charge on any atom is 0.305 e.